The van der Waals surface area contributed by atoms with Gasteiger partial charge in [0.2, 0.25) is 0 Å². The van der Waals surface area contributed by atoms with Gasteiger partial charge >= 0.3 is 6.18 Å². The molecule has 0 atom stereocenters. The monoisotopic (exact) mass is 364 g/mol. The predicted molar refractivity (Wildman–Crippen MR) is 64.7 cm³/mol. The molecule has 0 fully saturated rings. The zero-order chi connectivity index (χ0) is 15.6. The zero-order valence-corrected chi connectivity index (χ0v) is 11.4. The van der Waals surface area contributed by atoms with Crippen LogP contribution in [0.15, 0.2) is 15.5 Å². The Morgan fingerprint density at radius 1 is 1.35 bits per heavy atom. The average molecular weight is 365 g/mol. The van der Waals surface area contributed by atoms with Crippen molar-refractivity contribution in [2.24, 2.45) is 5.73 Å². The van der Waals surface area contributed by atoms with E-state index >= 15 is 0 Å². The Morgan fingerprint density at radius 3 is 2.45 bits per heavy atom. The van der Waals surface area contributed by atoms with Crippen LogP contribution in [-0.2, 0) is 6.54 Å². The molecule has 0 aliphatic rings. The number of halogens is 6. The summed E-state index contributed by atoms with van der Waals surface area (Å²) in [7, 11) is 0. The van der Waals surface area contributed by atoms with Crippen molar-refractivity contribution in [3.8, 4) is 0 Å². The Hall–Kier alpha value is -1.23. The van der Waals surface area contributed by atoms with Crippen molar-refractivity contribution in [1.82, 2.24) is 9.78 Å². The van der Waals surface area contributed by atoms with E-state index in [2.05, 4.69) is 26.3 Å². The highest BCUT2D eigenvalue weighted by Crippen LogP contribution is 2.21. The Balaban J connectivity index is 2.93. The Morgan fingerprint density at radius 2 is 1.95 bits per heavy atom. The van der Waals surface area contributed by atoms with Gasteiger partial charge in [-0.3, -0.25) is 4.79 Å². The molecule has 1 aromatic heterocycles. The van der Waals surface area contributed by atoms with Crippen LogP contribution in [-0.4, -0.2) is 35.0 Å². The molecule has 20 heavy (non-hydrogen) atoms. The SMILES string of the molecule is NCC(F)(F)CNc1cnn(CC(F)(F)F)c(=O)c1Br. The highest BCUT2D eigenvalue weighted by molar-refractivity contribution is 9.10. The lowest BCUT2D eigenvalue weighted by Crippen LogP contribution is -2.36. The number of alkyl halides is 5. The van der Waals surface area contributed by atoms with Crippen LogP contribution in [0.1, 0.15) is 0 Å². The molecule has 1 heterocycles. The van der Waals surface area contributed by atoms with E-state index < -0.39 is 37.3 Å². The molecule has 0 aliphatic carbocycles. The van der Waals surface area contributed by atoms with E-state index in [1.807, 2.05) is 0 Å². The summed E-state index contributed by atoms with van der Waals surface area (Å²) in [6.07, 6.45) is -3.76. The first-order valence-electron chi connectivity index (χ1n) is 5.20. The first kappa shape index (κ1) is 16.8. The third-order valence-electron chi connectivity index (χ3n) is 2.15. The van der Waals surface area contributed by atoms with Crippen LogP contribution in [0, 0.1) is 0 Å². The molecule has 1 rings (SSSR count). The number of hydrogen-bond acceptors (Lipinski definition) is 4. The first-order valence-corrected chi connectivity index (χ1v) is 5.99. The van der Waals surface area contributed by atoms with Gasteiger partial charge in [0, 0.05) is 0 Å². The van der Waals surface area contributed by atoms with Crippen LogP contribution in [0.25, 0.3) is 0 Å². The molecule has 5 nitrogen and oxygen atoms in total. The molecule has 0 saturated carbocycles. The summed E-state index contributed by atoms with van der Waals surface area (Å²) in [5.74, 6) is -3.21. The van der Waals surface area contributed by atoms with Crippen LogP contribution in [0.4, 0.5) is 27.6 Å². The van der Waals surface area contributed by atoms with Gasteiger partial charge in [0.25, 0.3) is 11.5 Å². The minimum absolute atomic E-state index is 0.137. The normalized spacial score (nSPS) is 12.6. The van der Waals surface area contributed by atoms with Crippen LogP contribution < -0.4 is 16.6 Å². The number of anilines is 1. The van der Waals surface area contributed by atoms with E-state index in [1.54, 1.807) is 0 Å². The summed E-state index contributed by atoms with van der Waals surface area (Å²) in [6.45, 7) is -3.34. The summed E-state index contributed by atoms with van der Waals surface area (Å²) in [5, 5.41) is 5.47. The van der Waals surface area contributed by atoms with E-state index in [-0.39, 0.29) is 14.8 Å². The largest absolute Gasteiger partial charge is 0.408 e. The van der Waals surface area contributed by atoms with E-state index in [9.17, 15) is 26.7 Å². The van der Waals surface area contributed by atoms with Gasteiger partial charge in [0.15, 0.2) is 0 Å². The lowest BCUT2D eigenvalue weighted by molar-refractivity contribution is -0.143. The van der Waals surface area contributed by atoms with Gasteiger partial charge in [-0.05, 0) is 15.9 Å². The number of nitrogens with zero attached hydrogens (tertiary/aromatic N) is 2. The fraction of sp³-hybridized carbons (Fsp3) is 0.556. The highest BCUT2D eigenvalue weighted by Gasteiger charge is 2.30. The topological polar surface area (TPSA) is 72.9 Å². The van der Waals surface area contributed by atoms with E-state index in [0.29, 0.717) is 0 Å². The van der Waals surface area contributed by atoms with Crippen molar-refractivity contribution < 1.29 is 22.0 Å². The molecular formula is C9H10BrF5N4O. The zero-order valence-electron chi connectivity index (χ0n) is 9.85. The molecule has 0 radical (unpaired) electrons. The molecule has 0 aromatic carbocycles. The molecule has 11 heteroatoms. The molecule has 0 amide bonds. The highest BCUT2D eigenvalue weighted by atomic mass is 79.9. The van der Waals surface area contributed by atoms with Crippen molar-refractivity contribution >= 4 is 21.6 Å². The lowest BCUT2D eigenvalue weighted by atomic mass is 10.3. The third-order valence-corrected chi connectivity index (χ3v) is 2.92. The summed E-state index contributed by atoms with van der Waals surface area (Å²) >= 11 is 2.75. The second-order valence-electron chi connectivity index (χ2n) is 3.86. The molecule has 0 aliphatic heterocycles. The Bertz CT molecular complexity index is 530. The molecule has 0 unspecified atom stereocenters. The molecule has 0 spiro atoms. The third kappa shape index (κ3) is 4.71. The fourth-order valence-corrected chi connectivity index (χ4v) is 1.61. The van der Waals surface area contributed by atoms with E-state index in [1.165, 1.54) is 0 Å². The standard InChI is InChI=1S/C9H10BrF5N4O/c10-6-5(17-3-8(11,12)2-16)1-18-19(7(6)20)4-9(13,14)15/h1,17H,2-4,16H2. The molecule has 1 aromatic rings. The molecule has 0 saturated heterocycles. The Labute approximate surface area is 118 Å². The number of hydrogen-bond donors (Lipinski definition) is 2. The fourth-order valence-electron chi connectivity index (χ4n) is 1.17. The summed E-state index contributed by atoms with van der Waals surface area (Å²) in [5.41, 5.74) is 3.61. The van der Waals surface area contributed by atoms with Gasteiger partial charge in [-0.25, -0.2) is 13.5 Å². The van der Waals surface area contributed by atoms with Crippen molar-refractivity contribution in [3.63, 3.8) is 0 Å². The number of rotatable bonds is 5. The minimum atomic E-state index is -4.61. The number of aromatic nitrogens is 2. The number of nitrogens with two attached hydrogens (primary N) is 1. The van der Waals surface area contributed by atoms with Crippen molar-refractivity contribution in [2.45, 2.75) is 18.6 Å². The van der Waals surface area contributed by atoms with Crippen molar-refractivity contribution in [1.29, 1.82) is 0 Å². The van der Waals surface area contributed by atoms with Gasteiger partial charge in [-0.2, -0.15) is 18.3 Å². The second kappa shape index (κ2) is 6.04. The van der Waals surface area contributed by atoms with Crippen molar-refractivity contribution in [2.75, 3.05) is 18.4 Å². The van der Waals surface area contributed by atoms with Gasteiger partial charge in [0.05, 0.1) is 25.0 Å². The molecule has 3 N–H and O–H groups in total. The quantitative estimate of drug-likeness (QED) is 0.778. The maximum absolute atomic E-state index is 12.9. The molecule has 0 bridgehead atoms. The summed E-state index contributed by atoms with van der Waals surface area (Å²) < 4.78 is 62.2. The summed E-state index contributed by atoms with van der Waals surface area (Å²) in [6, 6.07) is 0. The van der Waals surface area contributed by atoms with Crippen LogP contribution in [0.5, 0.6) is 0 Å². The predicted octanol–water partition coefficient (Wildman–Crippen LogP) is 1.57. The van der Waals surface area contributed by atoms with E-state index in [4.69, 9.17) is 5.73 Å². The van der Waals surface area contributed by atoms with E-state index in [0.717, 1.165) is 6.20 Å². The minimum Gasteiger partial charge on any atom is -0.377 e. The van der Waals surface area contributed by atoms with Crippen LogP contribution in [0.3, 0.4) is 0 Å². The number of nitrogens with one attached hydrogen (secondary N) is 1. The Kier molecular flexibility index (Phi) is 5.08. The average Bonchev–Trinajstić information content (AvgIpc) is 2.33. The van der Waals surface area contributed by atoms with Crippen LogP contribution in [0.2, 0.25) is 0 Å². The molecular weight excluding hydrogens is 355 g/mol. The lowest BCUT2D eigenvalue weighted by Gasteiger charge is -2.16. The van der Waals surface area contributed by atoms with Crippen LogP contribution >= 0.6 is 15.9 Å². The van der Waals surface area contributed by atoms with Crippen molar-refractivity contribution in [3.05, 3.63) is 21.0 Å². The first-order chi connectivity index (χ1) is 9.06. The van der Waals surface area contributed by atoms with Gasteiger partial charge < -0.3 is 11.1 Å². The smallest absolute Gasteiger partial charge is 0.377 e. The van der Waals surface area contributed by atoms with Gasteiger partial charge in [-0.15, -0.1) is 0 Å². The second-order valence-corrected chi connectivity index (χ2v) is 4.66. The molecule has 114 valence electrons. The summed E-state index contributed by atoms with van der Waals surface area (Å²) in [4.78, 5) is 11.6. The van der Waals surface area contributed by atoms with Gasteiger partial charge in [-0.1, -0.05) is 0 Å². The van der Waals surface area contributed by atoms with Gasteiger partial charge in [0.1, 0.15) is 11.0 Å². The maximum atomic E-state index is 12.9. The maximum Gasteiger partial charge on any atom is 0.408 e.